The van der Waals surface area contributed by atoms with E-state index in [1.807, 2.05) is 60.7 Å². The van der Waals surface area contributed by atoms with Gasteiger partial charge in [0.05, 0.1) is 11.1 Å². The number of benzene rings is 2. The van der Waals surface area contributed by atoms with Crippen molar-refractivity contribution in [1.29, 1.82) is 0 Å². The lowest BCUT2D eigenvalue weighted by Gasteiger charge is -2.19. The van der Waals surface area contributed by atoms with Crippen molar-refractivity contribution in [2.45, 2.75) is 89.1 Å². The molecule has 0 unspecified atom stereocenters. The molecule has 2 fully saturated rings. The molecule has 4 N–H and O–H groups in total. The van der Waals surface area contributed by atoms with Crippen LogP contribution >= 0.6 is 0 Å². The van der Waals surface area contributed by atoms with Gasteiger partial charge in [-0.05, 0) is 68.6 Å². The fraction of sp³-hybridized carbons (Fsp3) is 0.378. The third-order valence-electron chi connectivity index (χ3n) is 8.58. The Hall–Kier alpha value is -5.19. The molecule has 4 amide bonds. The molecule has 1 heterocycles. The monoisotopic (exact) mass is 649 g/mol. The average Bonchev–Trinajstić information content (AvgIpc) is 3.14. The molecule has 2 aliphatic rings. The zero-order valence-corrected chi connectivity index (χ0v) is 27.1. The molecule has 11 nitrogen and oxygen atoms in total. The summed E-state index contributed by atoms with van der Waals surface area (Å²) in [5.41, 5.74) is 9.12. The predicted octanol–water partition coefficient (Wildman–Crippen LogP) is 4.64. The number of nitrogens with one attached hydrogen (secondary N) is 4. The number of aromatic nitrogens is 1. The molecule has 48 heavy (non-hydrogen) atoms. The first-order valence-corrected chi connectivity index (χ1v) is 16.8. The summed E-state index contributed by atoms with van der Waals surface area (Å²) < 4.78 is 0. The molecule has 1 aromatic heterocycles. The van der Waals surface area contributed by atoms with Crippen LogP contribution in [0.1, 0.15) is 96.1 Å². The van der Waals surface area contributed by atoms with Crippen molar-refractivity contribution in [1.82, 2.24) is 26.5 Å². The van der Waals surface area contributed by atoms with Gasteiger partial charge in [-0.25, -0.2) is 10.9 Å². The molecule has 2 aromatic carbocycles. The summed E-state index contributed by atoms with van der Waals surface area (Å²) in [6, 6.07) is 18.3. The van der Waals surface area contributed by atoms with E-state index in [1.54, 1.807) is 0 Å². The second-order valence-electron chi connectivity index (χ2n) is 12.3. The summed E-state index contributed by atoms with van der Waals surface area (Å²) in [5, 5.41) is 14.3. The Bertz CT molecular complexity index is 1490. The highest BCUT2D eigenvalue weighted by atomic mass is 16.2. The van der Waals surface area contributed by atoms with Crippen LogP contribution in [-0.2, 0) is 22.4 Å². The van der Waals surface area contributed by atoms with Gasteiger partial charge in [0.1, 0.15) is 12.1 Å². The van der Waals surface area contributed by atoms with Crippen molar-refractivity contribution in [3.63, 3.8) is 0 Å². The van der Waals surface area contributed by atoms with E-state index < -0.39 is 35.7 Å². The molecular formula is C37H43N7O4. The highest BCUT2D eigenvalue weighted by Gasteiger charge is 2.25. The number of hydrazone groups is 2. The summed E-state index contributed by atoms with van der Waals surface area (Å²) in [6.07, 6.45) is 13.0. The van der Waals surface area contributed by atoms with Crippen molar-refractivity contribution in [3.05, 3.63) is 101 Å². The van der Waals surface area contributed by atoms with Crippen molar-refractivity contribution in [3.8, 4) is 0 Å². The SMILES string of the molecule is O=C(N[C@@H](Cc1ccccc1)C(=O)NN=C1CCCCC1)c1cncc(C(=O)N[C@@H](Cc2ccccc2)C(=O)NN=C2CCCCC2)c1. The topological polar surface area (TPSA) is 154 Å². The standard InChI is InChI=1S/C37H43N7O4/c45-34(39-32(21-26-13-5-1-6-14-26)36(47)43-41-30-17-9-3-10-18-30)28-23-29(25-38-24-28)35(46)40-33(22-27-15-7-2-8-16-27)37(48)44-42-31-19-11-4-12-20-31/h1-2,5-8,13-16,23-25,32-33H,3-4,9-12,17-22H2,(H,39,45)(H,40,46)(H,43,47)(H,44,48)/t32-,33-/m0/s1. The van der Waals surface area contributed by atoms with Crippen LogP contribution in [0.25, 0.3) is 0 Å². The smallest absolute Gasteiger partial charge is 0.262 e. The van der Waals surface area contributed by atoms with E-state index >= 15 is 0 Å². The number of rotatable bonds is 12. The Morgan fingerprint density at radius 2 is 0.979 bits per heavy atom. The van der Waals surface area contributed by atoms with Crippen molar-refractivity contribution >= 4 is 35.1 Å². The number of amides is 4. The van der Waals surface area contributed by atoms with Crippen LogP contribution in [0.2, 0.25) is 0 Å². The minimum absolute atomic E-state index is 0.0971. The molecule has 2 aliphatic carbocycles. The van der Waals surface area contributed by atoms with Crippen LogP contribution in [0.4, 0.5) is 0 Å². The fourth-order valence-corrected chi connectivity index (χ4v) is 5.86. The van der Waals surface area contributed by atoms with Gasteiger partial charge in [-0.3, -0.25) is 24.2 Å². The van der Waals surface area contributed by atoms with Gasteiger partial charge in [0.2, 0.25) is 0 Å². The van der Waals surface area contributed by atoms with Gasteiger partial charge in [-0.1, -0.05) is 73.5 Å². The van der Waals surface area contributed by atoms with Gasteiger partial charge in [0, 0.05) is 36.7 Å². The van der Waals surface area contributed by atoms with Crippen LogP contribution in [0.3, 0.4) is 0 Å². The first kappa shape index (κ1) is 34.2. The lowest BCUT2D eigenvalue weighted by Crippen LogP contribution is -2.47. The molecule has 2 atom stereocenters. The van der Waals surface area contributed by atoms with E-state index in [-0.39, 0.29) is 24.0 Å². The molecule has 0 aliphatic heterocycles. The zero-order valence-electron chi connectivity index (χ0n) is 27.1. The Labute approximate surface area is 281 Å². The quantitative estimate of drug-likeness (QED) is 0.211. The molecule has 250 valence electrons. The summed E-state index contributed by atoms with van der Waals surface area (Å²) in [5.74, 6) is -2.00. The normalized spacial score (nSPS) is 15.8. The Balaban J connectivity index is 1.28. The van der Waals surface area contributed by atoms with Crippen LogP contribution in [0, 0.1) is 0 Å². The first-order valence-electron chi connectivity index (χ1n) is 16.8. The molecule has 3 aromatic rings. The van der Waals surface area contributed by atoms with Gasteiger partial charge in [-0.2, -0.15) is 10.2 Å². The van der Waals surface area contributed by atoms with E-state index in [9.17, 15) is 19.2 Å². The fourth-order valence-electron chi connectivity index (χ4n) is 5.86. The first-order chi connectivity index (χ1) is 23.4. The van der Waals surface area contributed by atoms with Gasteiger partial charge in [0.25, 0.3) is 23.6 Å². The molecule has 2 saturated carbocycles. The second kappa shape index (κ2) is 17.7. The Morgan fingerprint density at radius 1 is 0.583 bits per heavy atom. The highest BCUT2D eigenvalue weighted by Crippen LogP contribution is 2.16. The number of carbonyl (C=O) groups is 4. The number of hydrogen-bond acceptors (Lipinski definition) is 7. The summed E-state index contributed by atoms with van der Waals surface area (Å²) >= 11 is 0. The van der Waals surface area contributed by atoms with Crippen LogP contribution < -0.4 is 21.5 Å². The van der Waals surface area contributed by atoms with Crippen LogP contribution in [0.5, 0.6) is 0 Å². The van der Waals surface area contributed by atoms with E-state index in [1.165, 1.54) is 18.5 Å². The van der Waals surface area contributed by atoms with Crippen LogP contribution in [0.15, 0.2) is 89.3 Å². The zero-order chi connectivity index (χ0) is 33.6. The molecular weight excluding hydrogens is 606 g/mol. The van der Waals surface area contributed by atoms with Gasteiger partial charge in [0.15, 0.2) is 0 Å². The van der Waals surface area contributed by atoms with E-state index in [0.29, 0.717) is 0 Å². The van der Waals surface area contributed by atoms with Crippen molar-refractivity contribution in [2.24, 2.45) is 10.2 Å². The van der Waals surface area contributed by atoms with E-state index in [4.69, 9.17) is 0 Å². The van der Waals surface area contributed by atoms with Gasteiger partial charge in [-0.15, -0.1) is 0 Å². The number of pyridine rings is 1. The third kappa shape index (κ3) is 10.4. The predicted molar refractivity (Wildman–Crippen MR) is 184 cm³/mol. The molecule has 0 bridgehead atoms. The maximum absolute atomic E-state index is 13.5. The third-order valence-corrected chi connectivity index (χ3v) is 8.58. The Kier molecular flexibility index (Phi) is 12.6. The molecule has 5 rings (SSSR count). The lowest BCUT2D eigenvalue weighted by molar-refractivity contribution is -0.123. The van der Waals surface area contributed by atoms with E-state index in [0.717, 1.165) is 86.8 Å². The molecule has 11 heteroatoms. The van der Waals surface area contributed by atoms with Crippen molar-refractivity contribution < 1.29 is 19.2 Å². The molecule has 0 spiro atoms. The van der Waals surface area contributed by atoms with Crippen LogP contribution in [-0.4, -0.2) is 52.1 Å². The average molecular weight is 650 g/mol. The highest BCUT2D eigenvalue weighted by molar-refractivity contribution is 6.02. The second-order valence-corrected chi connectivity index (χ2v) is 12.3. The van der Waals surface area contributed by atoms with Gasteiger partial charge < -0.3 is 10.6 Å². The van der Waals surface area contributed by atoms with Gasteiger partial charge >= 0.3 is 0 Å². The number of nitrogens with zero attached hydrogens (tertiary/aromatic N) is 3. The summed E-state index contributed by atoms with van der Waals surface area (Å²) in [4.78, 5) is 57.6. The molecule has 0 radical (unpaired) electrons. The number of carbonyl (C=O) groups excluding carboxylic acids is 4. The Morgan fingerprint density at radius 3 is 1.38 bits per heavy atom. The van der Waals surface area contributed by atoms with Crippen molar-refractivity contribution in [2.75, 3.05) is 0 Å². The summed E-state index contributed by atoms with van der Waals surface area (Å²) in [6.45, 7) is 0. The van der Waals surface area contributed by atoms with E-state index in [2.05, 4.69) is 36.7 Å². The molecule has 0 saturated heterocycles. The minimum atomic E-state index is -0.921. The maximum atomic E-state index is 13.5. The maximum Gasteiger partial charge on any atom is 0.262 e. The number of hydrogen-bond donors (Lipinski definition) is 4. The largest absolute Gasteiger partial charge is 0.340 e. The summed E-state index contributed by atoms with van der Waals surface area (Å²) in [7, 11) is 0. The minimum Gasteiger partial charge on any atom is -0.340 e. The lowest BCUT2D eigenvalue weighted by atomic mass is 9.99.